The van der Waals surface area contributed by atoms with Crippen molar-refractivity contribution in [2.24, 2.45) is 5.92 Å². The van der Waals surface area contributed by atoms with Crippen LogP contribution >= 0.6 is 0 Å². The van der Waals surface area contributed by atoms with Gasteiger partial charge in [-0.2, -0.15) is 5.26 Å². The van der Waals surface area contributed by atoms with Crippen LogP contribution in [0.5, 0.6) is 11.6 Å². The van der Waals surface area contributed by atoms with Crippen molar-refractivity contribution in [1.29, 1.82) is 5.26 Å². The van der Waals surface area contributed by atoms with Crippen molar-refractivity contribution < 1.29 is 24.1 Å². The Morgan fingerprint density at radius 3 is 2.52 bits per heavy atom. The van der Waals surface area contributed by atoms with E-state index in [0.29, 0.717) is 43.6 Å². The molecule has 2 N–H and O–H groups in total. The quantitative estimate of drug-likeness (QED) is 0.468. The number of rotatable bonds is 5. The van der Waals surface area contributed by atoms with Crippen LogP contribution in [0.2, 0.25) is 0 Å². The van der Waals surface area contributed by atoms with Crippen LogP contribution in [0, 0.1) is 23.8 Å². The van der Waals surface area contributed by atoms with Gasteiger partial charge in [0.2, 0.25) is 0 Å². The highest BCUT2D eigenvalue weighted by Crippen LogP contribution is 2.70. The average Bonchev–Trinajstić information content (AvgIpc) is 3.36. The van der Waals surface area contributed by atoms with Crippen molar-refractivity contribution in [2.75, 3.05) is 26.7 Å². The van der Waals surface area contributed by atoms with Crippen LogP contribution in [-0.2, 0) is 11.2 Å². The van der Waals surface area contributed by atoms with Gasteiger partial charge in [-0.05, 0) is 36.1 Å². The summed E-state index contributed by atoms with van der Waals surface area (Å²) in [5.41, 5.74) is -1.55. The predicted octanol–water partition coefficient (Wildman–Crippen LogP) is 4.20. The zero-order valence-corrected chi connectivity index (χ0v) is 22.0. The molecular weight excluding hydrogens is 511 g/mol. The minimum absolute atomic E-state index is 0.00581. The van der Waals surface area contributed by atoms with Gasteiger partial charge in [0.25, 0.3) is 5.82 Å². The molecule has 3 aromatic rings. The van der Waals surface area contributed by atoms with Crippen LogP contribution in [-0.4, -0.2) is 59.1 Å². The van der Waals surface area contributed by atoms with Gasteiger partial charge in [0.1, 0.15) is 17.5 Å². The molecule has 0 amide bonds. The highest BCUT2D eigenvalue weighted by molar-refractivity contribution is 5.62. The summed E-state index contributed by atoms with van der Waals surface area (Å²) in [5.74, 6) is -0.853. The van der Waals surface area contributed by atoms with E-state index in [2.05, 4.69) is 20.8 Å². The summed E-state index contributed by atoms with van der Waals surface area (Å²) in [5, 5.41) is 34.6. The fourth-order valence-electron chi connectivity index (χ4n) is 7.00. The van der Waals surface area contributed by atoms with Gasteiger partial charge in [0.15, 0.2) is 11.2 Å². The first-order valence-electron chi connectivity index (χ1n) is 13.4. The maximum Gasteiger partial charge on any atom is 0.319 e. The number of alkyl halides is 1. The second kappa shape index (κ2) is 9.87. The van der Waals surface area contributed by atoms with E-state index in [4.69, 9.17) is 16.0 Å². The van der Waals surface area contributed by atoms with E-state index in [-0.39, 0.29) is 23.0 Å². The third-order valence-corrected chi connectivity index (χ3v) is 8.75. The van der Waals surface area contributed by atoms with Crippen molar-refractivity contribution in [2.45, 2.75) is 42.2 Å². The highest BCUT2D eigenvalue weighted by atomic mass is 19.1. The maximum absolute atomic E-state index is 14.0. The van der Waals surface area contributed by atoms with Gasteiger partial charge in [0, 0.05) is 37.5 Å². The minimum Gasteiger partial charge on any atom is -0.479 e. The number of ether oxygens (including phenoxy) is 2. The number of pyridine rings is 1. The summed E-state index contributed by atoms with van der Waals surface area (Å²) in [6.07, 6.45) is -1.35. The molecule has 8 nitrogen and oxygen atoms in total. The molecule has 9 heteroatoms. The third kappa shape index (κ3) is 3.70. The molecule has 204 valence electrons. The number of aliphatic hydroxyl groups excluding tert-OH is 1. The van der Waals surface area contributed by atoms with Gasteiger partial charge in [-0.25, -0.2) is 4.39 Å². The first kappa shape index (κ1) is 26.2. The Labute approximate surface area is 232 Å². The number of halogens is 1. The molecule has 0 radical (unpaired) electrons. The predicted molar refractivity (Wildman–Crippen MR) is 144 cm³/mol. The van der Waals surface area contributed by atoms with E-state index < -0.39 is 35.3 Å². The number of fused-ring (bicyclic) bond motifs is 3. The lowest BCUT2D eigenvalue weighted by Crippen LogP contribution is -2.52. The monoisotopic (exact) mass is 540 g/mol. The van der Waals surface area contributed by atoms with Crippen molar-refractivity contribution in [1.82, 2.24) is 9.88 Å². The summed E-state index contributed by atoms with van der Waals surface area (Å²) < 4.78 is 26.4. The number of hydrogen-bond donors (Lipinski definition) is 2. The van der Waals surface area contributed by atoms with Crippen LogP contribution in [0.1, 0.15) is 41.0 Å². The topological polar surface area (TPSA) is 103 Å². The normalized spacial score (nSPS) is 29.6. The number of aromatic nitrogens is 1. The molecular formula is C31H29FN4O4. The molecule has 3 aliphatic rings. The number of piperidine rings is 1. The van der Waals surface area contributed by atoms with Crippen molar-refractivity contribution in [3.05, 3.63) is 94.3 Å². The molecule has 3 heterocycles. The Hall–Kier alpha value is -4.02. The van der Waals surface area contributed by atoms with Crippen LogP contribution in [0.4, 0.5) is 10.2 Å². The summed E-state index contributed by atoms with van der Waals surface area (Å²) in [6.45, 7) is 9.02. The number of aliphatic hydroxyl groups is 2. The number of likely N-dealkylation sites (tertiary alicyclic amines) is 1. The van der Waals surface area contributed by atoms with Crippen LogP contribution in [0.3, 0.4) is 0 Å². The molecule has 1 saturated carbocycles. The molecule has 0 spiro atoms. The third-order valence-electron chi connectivity index (χ3n) is 8.75. The van der Waals surface area contributed by atoms with Gasteiger partial charge >= 0.3 is 5.88 Å². The molecule has 1 aromatic heterocycles. The molecule has 0 bridgehead atoms. The summed E-state index contributed by atoms with van der Waals surface area (Å²) in [6, 6.07) is 20.0. The molecule has 6 rings (SSSR count). The van der Waals surface area contributed by atoms with Gasteiger partial charge in [0.05, 0.1) is 24.8 Å². The molecule has 1 aliphatic carbocycles. The number of nitriles is 1. The highest BCUT2D eigenvalue weighted by Gasteiger charge is 2.77. The second-order valence-corrected chi connectivity index (χ2v) is 10.7. The van der Waals surface area contributed by atoms with Gasteiger partial charge in [-0.3, -0.25) is 0 Å². The van der Waals surface area contributed by atoms with Crippen molar-refractivity contribution in [3.8, 4) is 17.7 Å². The minimum atomic E-state index is -2.03. The Kier molecular flexibility index (Phi) is 6.47. The fourth-order valence-corrected chi connectivity index (χ4v) is 7.00. The Balaban J connectivity index is 1.61. The lowest BCUT2D eigenvalue weighted by Gasteiger charge is -2.41. The Morgan fingerprint density at radius 1 is 1.20 bits per heavy atom. The Morgan fingerprint density at radius 2 is 1.90 bits per heavy atom. The van der Waals surface area contributed by atoms with Gasteiger partial charge in [-0.1, -0.05) is 54.0 Å². The van der Waals surface area contributed by atoms with E-state index >= 15 is 0 Å². The fraction of sp³-hybridized carbons (Fsp3) is 0.387. The number of benzene rings is 2. The molecule has 2 aromatic carbocycles. The smallest absolute Gasteiger partial charge is 0.319 e. The molecule has 1 saturated heterocycles. The standard InChI is InChI=1S/C31H29FN4O4/c1-34-25-16-24-27(29(35-25)39-2)30(38)28(37)23(18-36-14-12-22(32)13-15-36)26(20-6-4-3-5-7-20)31(30,40-24)21-10-8-19(17-33)9-11-21/h3-11,16,22-23,26,28,37-38H,12-15,18H2,2H3/t23-,26-,28-,30+,31+/m1/s1. The van der Waals surface area contributed by atoms with E-state index in [1.54, 1.807) is 24.3 Å². The zero-order valence-electron chi connectivity index (χ0n) is 22.0. The van der Waals surface area contributed by atoms with Crippen LogP contribution < -0.4 is 9.47 Å². The summed E-state index contributed by atoms with van der Waals surface area (Å²) in [4.78, 5) is 9.88. The first-order chi connectivity index (χ1) is 19.4. The van der Waals surface area contributed by atoms with Crippen molar-refractivity contribution >= 4 is 5.82 Å². The average molecular weight is 541 g/mol. The molecule has 5 atom stereocenters. The van der Waals surface area contributed by atoms with E-state index in [9.17, 15) is 19.9 Å². The molecule has 0 unspecified atom stereocenters. The number of hydrogen-bond acceptors (Lipinski definition) is 7. The largest absolute Gasteiger partial charge is 0.479 e. The maximum atomic E-state index is 14.0. The number of methoxy groups -OCH3 is 1. The molecule has 2 fully saturated rings. The summed E-state index contributed by atoms with van der Waals surface area (Å²) >= 11 is 0. The number of nitrogens with zero attached hydrogens (tertiary/aromatic N) is 4. The van der Waals surface area contributed by atoms with E-state index in [1.807, 2.05) is 30.3 Å². The zero-order chi connectivity index (χ0) is 28.1. The first-order valence-corrected chi connectivity index (χ1v) is 13.4. The van der Waals surface area contributed by atoms with Crippen LogP contribution in [0.25, 0.3) is 4.85 Å². The summed E-state index contributed by atoms with van der Waals surface area (Å²) in [7, 11) is 1.40. The van der Waals surface area contributed by atoms with E-state index in [0.717, 1.165) is 5.56 Å². The van der Waals surface area contributed by atoms with Crippen molar-refractivity contribution in [3.63, 3.8) is 0 Å². The lowest BCUT2D eigenvalue weighted by molar-refractivity contribution is -0.152. The van der Waals surface area contributed by atoms with Crippen LogP contribution in [0.15, 0.2) is 60.7 Å². The Bertz CT molecular complexity index is 1500. The lowest BCUT2D eigenvalue weighted by atomic mass is 9.70. The van der Waals surface area contributed by atoms with Gasteiger partial charge in [-0.15, -0.1) is 0 Å². The molecule has 40 heavy (non-hydrogen) atoms. The molecule has 2 aliphatic heterocycles. The van der Waals surface area contributed by atoms with Gasteiger partial charge < -0.3 is 29.4 Å². The van der Waals surface area contributed by atoms with E-state index in [1.165, 1.54) is 13.2 Å². The SMILES string of the molecule is [C-]#[N+]c1cc2c(c(OC)n1)[C@]1(O)[C@H](O)[C@H](CN3CCC(F)CC3)[C@@H](c3ccccc3)[C@]1(c1ccc(C#N)cc1)O2. The second-order valence-electron chi connectivity index (χ2n) is 10.7.